The van der Waals surface area contributed by atoms with Gasteiger partial charge >= 0.3 is 0 Å². The minimum Gasteiger partial charge on any atom is -0.399 e. The third kappa shape index (κ3) is 1.87. The van der Waals surface area contributed by atoms with Gasteiger partial charge in [-0.05, 0) is 23.3 Å². The van der Waals surface area contributed by atoms with Gasteiger partial charge in [-0.15, -0.1) is 0 Å². The molecule has 2 atom stereocenters. The standard InChI is InChI=1S/C14H14N2O2S/c1-16-14(17)12-4-2-3-11(13(12)19(16)18)9-5-7-10(15)8-6-9/h2-8,14,17H,15H2,1H3. The molecule has 0 aromatic heterocycles. The minimum atomic E-state index is -1.34. The second-order valence-corrected chi connectivity index (χ2v) is 6.00. The molecule has 1 heterocycles. The summed E-state index contributed by atoms with van der Waals surface area (Å²) in [6.45, 7) is 0. The van der Waals surface area contributed by atoms with E-state index in [2.05, 4.69) is 0 Å². The second kappa shape index (κ2) is 4.45. The van der Waals surface area contributed by atoms with Crippen LogP contribution in [0.3, 0.4) is 0 Å². The lowest BCUT2D eigenvalue weighted by Crippen LogP contribution is -2.18. The van der Waals surface area contributed by atoms with E-state index in [4.69, 9.17) is 5.73 Å². The third-order valence-corrected chi connectivity index (χ3v) is 4.85. The Bertz CT molecular complexity index is 655. The predicted octanol–water partition coefficient (Wildman–Crippen LogP) is 1.89. The molecule has 0 bridgehead atoms. The van der Waals surface area contributed by atoms with Gasteiger partial charge in [0.25, 0.3) is 0 Å². The molecule has 1 aliphatic heterocycles. The number of anilines is 1. The number of rotatable bonds is 1. The molecular formula is C14H14N2O2S. The van der Waals surface area contributed by atoms with Crippen LogP contribution in [0.1, 0.15) is 11.8 Å². The maximum atomic E-state index is 12.3. The highest BCUT2D eigenvalue weighted by molar-refractivity contribution is 7.83. The Labute approximate surface area is 114 Å². The molecule has 3 rings (SSSR count). The third-order valence-electron chi connectivity index (χ3n) is 3.33. The van der Waals surface area contributed by atoms with E-state index in [-0.39, 0.29) is 0 Å². The Balaban J connectivity index is 2.20. The first-order valence-corrected chi connectivity index (χ1v) is 7.02. The number of aliphatic hydroxyl groups is 1. The molecule has 1 aliphatic rings. The largest absolute Gasteiger partial charge is 0.399 e. The lowest BCUT2D eigenvalue weighted by molar-refractivity contribution is 0.0879. The van der Waals surface area contributed by atoms with Crippen LogP contribution in [0.25, 0.3) is 11.1 Å². The fourth-order valence-electron chi connectivity index (χ4n) is 2.27. The van der Waals surface area contributed by atoms with E-state index < -0.39 is 17.2 Å². The van der Waals surface area contributed by atoms with Crippen molar-refractivity contribution < 1.29 is 9.32 Å². The summed E-state index contributed by atoms with van der Waals surface area (Å²) in [4.78, 5) is 0.683. The van der Waals surface area contributed by atoms with Crippen molar-refractivity contribution in [1.82, 2.24) is 4.31 Å². The summed E-state index contributed by atoms with van der Waals surface area (Å²) in [7, 11) is 0.308. The topological polar surface area (TPSA) is 66.6 Å². The highest BCUT2D eigenvalue weighted by atomic mass is 32.2. The highest BCUT2D eigenvalue weighted by Gasteiger charge is 2.34. The first kappa shape index (κ1) is 12.3. The number of fused-ring (bicyclic) bond motifs is 1. The number of benzene rings is 2. The molecule has 0 saturated carbocycles. The minimum absolute atomic E-state index is 0.683. The van der Waals surface area contributed by atoms with Crippen molar-refractivity contribution in [2.45, 2.75) is 11.1 Å². The predicted molar refractivity (Wildman–Crippen MR) is 75.4 cm³/mol. The molecule has 2 aromatic carbocycles. The van der Waals surface area contributed by atoms with Gasteiger partial charge in [-0.2, -0.15) is 4.31 Å². The lowest BCUT2D eigenvalue weighted by Gasteiger charge is -2.10. The van der Waals surface area contributed by atoms with Gasteiger partial charge < -0.3 is 10.8 Å². The molecule has 19 heavy (non-hydrogen) atoms. The van der Waals surface area contributed by atoms with Crippen LogP contribution in [0.15, 0.2) is 47.4 Å². The molecule has 4 nitrogen and oxygen atoms in total. The second-order valence-electron chi connectivity index (χ2n) is 4.51. The number of hydrogen-bond acceptors (Lipinski definition) is 3. The SMILES string of the molecule is CN1C(O)c2cccc(-c3ccc(N)cc3)c2S1=O. The summed E-state index contributed by atoms with van der Waals surface area (Å²) in [5, 5.41) is 10.0. The van der Waals surface area contributed by atoms with Crippen LogP contribution in [0.4, 0.5) is 5.69 Å². The van der Waals surface area contributed by atoms with Gasteiger partial charge in [-0.1, -0.05) is 30.3 Å². The van der Waals surface area contributed by atoms with Crippen LogP contribution in [-0.4, -0.2) is 20.7 Å². The maximum Gasteiger partial charge on any atom is 0.145 e. The molecule has 2 aromatic rings. The molecular weight excluding hydrogens is 260 g/mol. The van der Waals surface area contributed by atoms with Crippen LogP contribution in [0.2, 0.25) is 0 Å². The van der Waals surface area contributed by atoms with Crippen LogP contribution in [0.5, 0.6) is 0 Å². The summed E-state index contributed by atoms with van der Waals surface area (Å²) < 4.78 is 13.8. The fraction of sp³-hybridized carbons (Fsp3) is 0.143. The Hall–Kier alpha value is -1.69. The van der Waals surface area contributed by atoms with Crippen molar-refractivity contribution in [2.75, 3.05) is 12.8 Å². The van der Waals surface area contributed by atoms with Crippen LogP contribution < -0.4 is 5.73 Å². The van der Waals surface area contributed by atoms with Crippen LogP contribution >= 0.6 is 0 Å². The van der Waals surface area contributed by atoms with Crippen molar-refractivity contribution >= 4 is 16.7 Å². The van der Waals surface area contributed by atoms with E-state index in [1.165, 1.54) is 4.31 Å². The van der Waals surface area contributed by atoms with Crippen molar-refractivity contribution in [3.8, 4) is 11.1 Å². The first-order chi connectivity index (χ1) is 9.09. The monoisotopic (exact) mass is 274 g/mol. The lowest BCUT2D eigenvalue weighted by atomic mass is 10.0. The normalized spacial score (nSPS) is 22.4. The van der Waals surface area contributed by atoms with Crippen molar-refractivity contribution in [3.63, 3.8) is 0 Å². The molecule has 2 unspecified atom stereocenters. The van der Waals surface area contributed by atoms with Crippen molar-refractivity contribution in [2.24, 2.45) is 0 Å². The summed E-state index contributed by atoms with van der Waals surface area (Å²) >= 11 is 0. The summed E-state index contributed by atoms with van der Waals surface area (Å²) in [5.41, 5.74) is 8.89. The molecule has 5 heteroatoms. The Morgan fingerprint density at radius 3 is 2.58 bits per heavy atom. The summed E-state index contributed by atoms with van der Waals surface area (Å²) in [6, 6.07) is 13.0. The van der Waals surface area contributed by atoms with E-state index in [9.17, 15) is 9.32 Å². The molecule has 0 spiro atoms. The Morgan fingerprint density at radius 2 is 1.89 bits per heavy atom. The molecule has 0 radical (unpaired) electrons. The van der Waals surface area contributed by atoms with E-state index >= 15 is 0 Å². The zero-order valence-corrected chi connectivity index (χ0v) is 11.2. The Kier molecular flexibility index (Phi) is 2.89. The molecule has 0 saturated heterocycles. The maximum absolute atomic E-state index is 12.3. The van der Waals surface area contributed by atoms with Gasteiger partial charge in [-0.3, -0.25) is 0 Å². The van der Waals surface area contributed by atoms with E-state index in [1.807, 2.05) is 42.5 Å². The first-order valence-electron chi connectivity index (χ1n) is 5.91. The number of hydrogen-bond donors (Lipinski definition) is 2. The smallest absolute Gasteiger partial charge is 0.145 e. The van der Waals surface area contributed by atoms with Gasteiger partial charge in [0.1, 0.15) is 17.2 Å². The molecule has 0 fully saturated rings. The van der Waals surface area contributed by atoms with E-state index in [0.29, 0.717) is 16.1 Å². The fourth-order valence-corrected chi connectivity index (χ4v) is 3.61. The van der Waals surface area contributed by atoms with Crippen LogP contribution in [-0.2, 0) is 11.0 Å². The number of aliphatic hydroxyl groups excluding tert-OH is 1. The summed E-state index contributed by atoms with van der Waals surface area (Å²) in [5.74, 6) is 0. The number of nitrogens with zero attached hydrogens (tertiary/aromatic N) is 1. The van der Waals surface area contributed by atoms with Gasteiger partial charge in [0.15, 0.2) is 0 Å². The molecule has 0 amide bonds. The molecule has 0 aliphatic carbocycles. The number of nitrogens with two attached hydrogens (primary N) is 1. The molecule has 98 valence electrons. The quantitative estimate of drug-likeness (QED) is 0.780. The summed E-state index contributed by atoms with van der Waals surface area (Å²) in [6.07, 6.45) is -0.815. The van der Waals surface area contributed by atoms with Crippen molar-refractivity contribution in [1.29, 1.82) is 0 Å². The molecule has 3 N–H and O–H groups in total. The van der Waals surface area contributed by atoms with E-state index in [1.54, 1.807) is 7.05 Å². The van der Waals surface area contributed by atoms with Crippen LogP contribution in [0, 0.1) is 0 Å². The number of nitrogen functional groups attached to an aromatic ring is 1. The highest BCUT2D eigenvalue weighted by Crippen LogP contribution is 2.40. The van der Waals surface area contributed by atoms with Gasteiger partial charge in [-0.25, -0.2) is 4.21 Å². The van der Waals surface area contributed by atoms with Crippen molar-refractivity contribution in [3.05, 3.63) is 48.0 Å². The Morgan fingerprint density at radius 1 is 1.21 bits per heavy atom. The zero-order chi connectivity index (χ0) is 13.6. The van der Waals surface area contributed by atoms with Gasteiger partial charge in [0.2, 0.25) is 0 Å². The zero-order valence-electron chi connectivity index (χ0n) is 10.4. The average molecular weight is 274 g/mol. The van der Waals surface area contributed by atoms with Gasteiger partial charge in [0.05, 0.1) is 4.90 Å². The van der Waals surface area contributed by atoms with Gasteiger partial charge in [0, 0.05) is 18.3 Å². The average Bonchev–Trinajstić information content (AvgIpc) is 2.65. The van der Waals surface area contributed by atoms with E-state index in [0.717, 1.165) is 11.1 Å².